The molecule has 106 valence electrons. The number of esters is 1. The SMILES string of the molecule is COc1cc(C(=O)OC2C=CC=C2)cc(OC)c1OC. The van der Waals surface area contributed by atoms with E-state index in [1.54, 1.807) is 24.3 Å². The van der Waals surface area contributed by atoms with Gasteiger partial charge in [0.15, 0.2) is 11.5 Å². The number of carbonyl (C=O) groups is 1. The fraction of sp³-hybridized carbons (Fsp3) is 0.267. The van der Waals surface area contributed by atoms with Gasteiger partial charge in [-0.15, -0.1) is 0 Å². The highest BCUT2D eigenvalue weighted by Crippen LogP contribution is 2.38. The van der Waals surface area contributed by atoms with E-state index in [1.165, 1.54) is 21.3 Å². The third kappa shape index (κ3) is 2.77. The highest BCUT2D eigenvalue weighted by atomic mass is 16.5. The lowest BCUT2D eigenvalue weighted by Crippen LogP contribution is -2.13. The molecule has 1 aliphatic rings. The zero-order valence-corrected chi connectivity index (χ0v) is 11.6. The maximum atomic E-state index is 12.1. The van der Waals surface area contributed by atoms with Crippen molar-refractivity contribution in [1.29, 1.82) is 0 Å². The molecule has 2 rings (SSSR count). The standard InChI is InChI=1S/C15H16O5/c1-17-12-8-10(9-13(18-2)14(12)19-3)15(16)20-11-6-4-5-7-11/h4-9,11H,1-3H3. The van der Waals surface area contributed by atoms with Crippen molar-refractivity contribution < 1.29 is 23.7 Å². The van der Waals surface area contributed by atoms with Crippen LogP contribution < -0.4 is 14.2 Å². The van der Waals surface area contributed by atoms with Crippen LogP contribution in [-0.4, -0.2) is 33.4 Å². The van der Waals surface area contributed by atoms with Crippen LogP contribution in [0.25, 0.3) is 0 Å². The van der Waals surface area contributed by atoms with Crippen molar-refractivity contribution >= 4 is 5.97 Å². The minimum absolute atomic E-state index is 0.332. The van der Waals surface area contributed by atoms with Gasteiger partial charge in [-0.2, -0.15) is 0 Å². The zero-order valence-electron chi connectivity index (χ0n) is 11.6. The van der Waals surface area contributed by atoms with Gasteiger partial charge in [0.1, 0.15) is 6.10 Å². The Kier molecular flexibility index (Phi) is 4.30. The lowest BCUT2D eigenvalue weighted by molar-refractivity contribution is 0.0465. The molecule has 0 radical (unpaired) electrons. The third-order valence-corrected chi connectivity index (χ3v) is 2.86. The molecule has 5 heteroatoms. The molecule has 0 aliphatic heterocycles. The molecule has 0 aromatic heterocycles. The molecule has 0 N–H and O–H groups in total. The Balaban J connectivity index is 2.29. The summed E-state index contributed by atoms with van der Waals surface area (Å²) >= 11 is 0. The Labute approximate surface area is 117 Å². The molecule has 0 saturated heterocycles. The van der Waals surface area contributed by atoms with E-state index in [-0.39, 0.29) is 6.10 Å². The predicted molar refractivity (Wildman–Crippen MR) is 73.6 cm³/mol. The maximum absolute atomic E-state index is 12.1. The molecule has 0 fully saturated rings. The molecular formula is C15H16O5. The summed E-state index contributed by atoms with van der Waals surface area (Å²) in [5.74, 6) is 0.810. The monoisotopic (exact) mass is 276 g/mol. The van der Waals surface area contributed by atoms with E-state index < -0.39 is 5.97 Å². The van der Waals surface area contributed by atoms with Crippen molar-refractivity contribution in [2.24, 2.45) is 0 Å². The lowest BCUT2D eigenvalue weighted by atomic mass is 10.2. The number of hydrogen-bond donors (Lipinski definition) is 0. The second-order valence-corrected chi connectivity index (χ2v) is 4.05. The average molecular weight is 276 g/mol. The number of allylic oxidation sites excluding steroid dienone is 2. The van der Waals surface area contributed by atoms with E-state index in [2.05, 4.69) is 0 Å². The van der Waals surface area contributed by atoms with Gasteiger partial charge >= 0.3 is 5.97 Å². The van der Waals surface area contributed by atoms with Gasteiger partial charge in [-0.3, -0.25) is 0 Å². The molecular weight excluding hydrogens is 260 g/mol. The van der Waals surface area contributed by atoms with Crippen molar-refractivity contribution in [3.05, 3.63) is 42.0 Å². The molecule has 5 nitrogen and oxygen atoms in total. The number of benzene rings is 1. The number of ether oxygens (including phenoxy) is 4. The average Bonchev–Trinajstić information content (AvgIpc) is 2.98. The molecule has 0 bridgehead atoms. The highest BCUT2D eigenvalue weighted by molar-refractivity contribution is 5.91. The molecule has 1 aromatic rings. The van der Waals surface area contributed by atoms with Crippen LogP contribution >= 0.6 is 0 Å². The van der Waals surface area contributed by atoms with E-state index in [0.29, 0.717) is 22.8 Å². The van der Waals surface area contributed by atoms with E-state index in [0.717, 1.165) is 0 Å². The Morgan fingerprint density at radius 3 is 1.95 bits per heavy atom. The van der Waals surface area contributed by atoms with Gasteiger partial charge in [0, 0.05) is 0 Å². The zero-order chi connectivity index (χ0) is 14.5. The largest absolute Gasteiger partial charge is 0.493 e. The smallest absolute Gasteiger partial charge is 0.339 e. The predicted octanol–water partition coefficient (Wildman–Crippen LogP) is 2.36. The molecule has 0 atom stereocenters. The second-order valence-electron chi connectivity index (χ2n) is 4.05. The molecule has 0 saturated carbocycles. The van der Waals surface area contributed by atoms with Gasteiger partial charge in [0.2, 0.25) is 5.75 Å². The van der Waals surface area contributed by atoms with Crippen LogP contribution in [0.15, 0.2) is 36.4 Å². The summed E-state index contributed by atoms with van der Waals surface area (Å²) in [4.78, 5) is 12.1. The summed E-state index contributed by atoms with van der Waals surface area (Å²) in [6, 6.07) is 3.12. The van der Waals surface area contributed by atoms with Crippen molar-refractivity contribution in [2.45, 2.75) is 6.10 Å². The van der Waals surface area contributed by atoms with E-state index >= 15 is 0 Å². The normalized spacial score (nSPS) is 13.3. The Bertz CT molecular complexity index is 522. The highest BCUT2D eigenvalue weighted by Gasteiger charge is 2.19. The Morgan fingerprint density at radius 2 is 1.50 bits per heavy atom. The fourth-order valence-corrected chi connectivity index (χ4v) is 1.88. The third-order valence-electron chi connectivity index (χ3n) is 2.86. The van der Waals surface area contributed by atoms with Crippen LogP contribution in [0.4, 0.5) is 0 Å². The summed E-state index contributed by atoms with van der Waals surface area (Å²) in [6.07, 6.45) is 6.90. The van der Waals surface area contributed by atoms with Crippen LogP contribution in [0.2, 0.25) is 0 Å². The quantitative estimate of drug-likeness (QED) is 0.773. The van der Waals surface area contributed by atoms with Gasteiger partial charge in [-0.1, -0.05) is 12.2 Å². The molecule has 1 aromatic carbocycles. The minimum Gasteiger partial charge on any atom is -0.493 e. The molecule has 0 unspecified atom stereocenters. The first kappa shape index (κ1) is 14.0. The fourth-order valence-electron chi connectivity index (χ4n) is 1.88. The van der Waals surface area contributed by atoms with Gasteiger partial charge < -0.3 is 18.9 Å². The second kappa shape index (κ2) is 6.14. The van der Waals surface area contributed by atoms with E-state index in [4.69, 9.17) is 18.9 Å². The van der Waals surface area contributed by atoms with Crippen molar-refractivity contribution in [3.63, 3.8) is 0 Å². The van der Waals surface area contributed by atoms with Gasteiger partial charge in [-0.25, -0.2) is 4.79 Å². The molecule has 0 amide bonds. The van der Waals surface area contributed by atoms with Crippen LogP contribution in [0.5, 0.6) is 17.2 Å². The van der Waals surface area contributed by atoms with Crippen molar-refractivity contribution in [1.82, 2.24) is 0 Å². The number of methoxy groups -OCH3 is 3. The summed E-state index contributed by atoms with van der Waals surface area (Å²) in [5.41, 5.74) is 0.341. The Hall–Kier alpha value is -2.43. The molecule has 1 aliphatic carbocycles. The number of hydrogen-bond acceptors (Lipinski definition) is 5. The molecule has 0 spiro atoms. The van der Waals surface area contributed by atoms with E-state index in [9.17, 15) is 4.79 Å². The summed E-state index contributed by atoms with van der Waals surface area (Å²) in [5, 5.41) is 0. The summed E-state index contributed by atoms with van der Waals surface area (Å²) in [6.45, 7) is 0. The first-order valence-corrected chi connectivity index (χ1v) is 6.05. The van der Waals surface area contributed by atoms with Crippen LogP contribution in [0.1, 0.15) is 10.4 Å². The van der Waals surface area contributed by atoms with Crippen molar-refractivity contribution in [2.75, 3.05) is 21.3 Å². The lowest BCUT2D eigenvalue weighted by Gasteiger charge is -2.14. The molecule has 20 heavy (non-hydrogen) atoms. The number of carbonyl (C=O) groups excluding carboxylic acids is 1. The van der Waals surface area contributed by atoms with E-state index in [1.807, 2.05) is 12.2 Å². The van der Waals surface area contributed by atoms with Gasteiger partial charge in [-0.05, 0) is 24.3 Å². The Morgan fingerprint density at radius 1 is 0.950 bits per heavy atom. The van der Waals surface area contributed by atoms with Crippen molar-refractivity contribution in [3.8, 4) is 17.2 Å². The van der Waals surface area contributed by atoms with Gasteiger partial charge in [0.25, 0.3) is 0 Å². The first-order chi connectivity index (χ1) is 9.69. The van der Waals surface area contributed by atoms with Crippen LogP contribution in [0.3, 0.4) is 0 Å². The minimum atomic E-state index is -0.453. The van der Waals surface area contributed by atoms with Crippen LogP contribution in [0, 0.1) is 0 Å². The molecule has 0 heterocycles. The van der Waals surface area contributed by atoms with Crippen LogP contribution in [-0.2, 0) is 4.74 Å². The first-order valence-electron chi connectivity index (χ1n) is 6.05. The van der Waals surface area contributed by atoms with Gasteiger partial charge in [0.05, 0.1) is 26.9 Å². The summed E-state index contributed by atoms with van der Waals surface area (Å²) in [7, 11) is 4.50. The maximum Gasteiger partial charge on any atom is 0.339 e. The topological polar surface area (TPSA) is 54.0 Å². The number of rotatable bonds is 5. The summed E-state index contributed by atoms with van der Waals surface area (Å²) < 4.78 is 20.9.